The minimum absolute atomic E-state index is 0.0807. The van der Waals surface area contributed by atoms with E-state index in [1.54, 1.807) is 7.05 Å². The molecule has 2 aromatic heterocycles. The van der Waals surface area contributed by atoms with E-state index in [0.29, 0.717) is 12.2 Å². The molecule has 23 heavy (non-hydrogen) atoms. The number of hydrogen-bond acceptors (Lipinski definition) is 3. The van der Waals surface area contributed by atoms with Gasteiger partial charge in [-0.05, 0) is 38.1 Å². The van der Waals surface area contributed by atoms with Crippen LogP contribution in [0.5, 0.6) is 0 Å². The summed E-state index contributed by atoms with van der Waals surface area (Å²) < 4.78 is 1.96. The Kier molecular flexibility index (Phi) is 4.39. The highest BCUT2D eigenvalue weighted by Gasteiger charge is 2.19. The van der Waals surface area contributed by atoms with Crippen LogP contribution in [0.3, 0.4) is 0 Å². The van der Waals surface area contributed by atoms with Gasteiger partial charge in [0, 0.05) is 6.20 Å². The molecule has 2 N–H and O–H groups in total. The van der Waals surface area contributed by atoms with Crippen molar-refractivity contribution in [2.45, 2.75) is 19.4 Å². The lowest BCUT2D eigenvalue weighted by molar-refractivity contribution is -0.118. The molecule has 0 fully saturated rings. The second-order valence-electron chi connectivity index (χ2n) is 5.49. The van der Waals surface area contributed by atoms with Crippen molar-refractivity contribution in [1.29, 1.82) is 0 Å². The molecular weight excluding hydrogens is 288 g/mol. The summed E-state index contributed by atoms with van der Waals surface area (Å²) in [7, 11) is 1.80. The fourth-order valence-corrected chi connectivity index (χ4v) is 2.62. The zero-order chi connectivity index (χ0) is 16.2. The van der Waals surface area contributed by atoms with Crippen molar-refractivity contribution in [3.63, 3.8) is 0 Å². The minimum atomic E-state index is -0.304. The predicted octanol–water partition coefficient (Wildman–Crippen LogP) is 2.41. The predicted molar refractivity (Wildman–Crippen MR) is 91.6 cm³/mol. The third kappa shape index (κ3) is 3.24. The van der Waals surface area contributed by atoms with Crippen molar-refractivity contribution in [2.24, 2.45) is 0 Å². The molecule has 1 aromatic carbocycles. The monoisotopic (exact) mass is 308 g/mol. The first kappa shape index (κ1) is 15.2. The second kappa shape index (κ2) is 6.62. The summed E-state index contributed by atoms with van der Waals surface area (Å²) in [6, 6.07) is 15.5. The Labute approximate surface area is 135 Å². The SMILES string of the molecule is CNC(Cc1ccccc1)C(=O)Nc1nc2ccccn2c1C. The minimum Gasteiger partial charge on any atom is -0.309 e. The molecule has 1 unspecified atom stereocenters. The standard InChI is InChI=1S/C18H20N4O/c1-13-17(20-16-10-6-7-11-22(13)16)21-18(23)15(19-2)12-14-8-4-3-5-9-14/h3-11,15,19H,12H2,1-2H3,(H,21,23). The van der Waals surface area contributed by atoms with E-state index in [4.69, 9.17) is 0 Å². The molecule has 0 saturated carbocycles. The van der Waals surface area contributed by atoms with Crippen LogP contribution in [-0.4, -0.2) is 28.4 Å². The van der Waals surface area contributed by atoms with Crippen molar-refractivity contribution < 1.29 is 4.79 Å². The van der Waals surface area contributed by atoms with Gasteiger partial charge in [-0.15, -0.1) is 0 Å². The number of likely N-dealkylation sites (N-methyl/N-ethyl adjacent to an activating group) is 1. The highest BCUT2D eigenvalue weighted by atomic mass is 16.2. The van der Waals surface area contributed by atoms with E-state index in [9.17, 15) is 4.79 Å². The average molecular weight is 308 g/mol. The van der Waals surface area contributed by atoms with E-state index in [0.717, 1.165) is 16.9 Å². The van der Waals surface area contributed by atoms with Gasteiger partial charge >= 0.3 is 0 Å². The first-order chi connectivity index (χ1) is 11.2. The van der Waals surface area contributed by atoms with Crippen molar-refractivity contribution in [3.05, 3.63) is 66.0 Å². The largest absolute Gasteiger partial charge is 0.309 e. The molecule has 0 spiro atoms. The number of imidazole rings is 1. The van der Waals surface area contributed by atoms with E-state index >= 15 is 0 Å². The molecule has 1 amide bonds. The van der Waals surface area contributed by atoms with Crippen LogP contribution in [0.1, 0.15) is 11.3 Å². The van der Waals surface area contributed by atoms with Gasteiger partial charge in [-0.1, -0.05) is 36.4 Å². The van der Waals surface area contributed by atoms with E-state index in [2.05, 4.69) is 15.6 Å². The molecule has 1 atom stereocenters. The number of carbonyl (C=O) groups excluding carboxylic acids is 1. The summed E-state index contributed by atoms with van der Waals surface area (Å²) in [5, 5.41) is 6.01. The van der Waals surface area contributed by atoms with Gasteiger partial charge in [0.1, 0.15) is 5.65 Å². The number of rotatable bonds is 5. The Hall–Kier alpha value is -2.66. The van der Waals surface area contributed by atoms with Gasteiger partial charge in [0.25, 0.3) is 0 Å². The molecule has 0 aliphatic rings. The number of hydrogen-bond donors (Lipinski definition) is 2. The Morgan fingerprint density at radius 1 is 1.17 bits per heavy atom. The number of pyridine rings is 1. The van der Waals surface area contributed by atoms with Gasteiger partial charge in [0.15, 0.2) is 5.82 Å². The summed E-state index contributed by atoms with van der Waals surface area (Å²) in [4.78, 5) is 17.0. The second-order valence-corrected chi connectivity index (χ2v) is 5.49. The quantitative estimate of drug-likeness (QED) is 0.761. The number of carbonyl (C=O) groups is 1. The lowest BCUT2D eigenvalue weighted by Crippen LogP contribution is -2.40. The summed E-state index contributed by atoms with van der Waals surface area (Å²) in [5.41, 5.74) is 2.86. The van der Waals surface area contributed by atoms with Crippen LogP contribution in [0.25, 0.3) is 5.65 Å². The molecule has 0 saturated heterocycles. The Balaban J connectivity index is 1.77. The third-order valence-corrected chi connectivity index (χ3v) is 3.96. The summed E-state index contributed by atoms with van der Waals surface area (Å²) in [6.45, 7) is 1.95. The van der Waals surface area contributed by atoms with Gasteiger partial charge in [-0.25, -0.2) is 4.98 Å². The number of aromatic nitrogens is 2. The van der Waals surface area contributed by atoms with E-state index in [1.165, 1.54) is 0 Å². The molecule has 5 nitrogen and oxygen atoms in total. The number of anilines is 1. The van der Waals surface area contributed by atoms with Crippen LogP contribution in [0, 0.1) is 6.92 Å². The van der Waals surface area contributed by atoms with Gasteiger partial charge in [0.2, 0.25) is 5.91 Å². The average Bonchev–Trinajstić information content (AvgIpc) is 2.90. The number of amides is 1. The van der Waals surface area contributed by atoms with E-state index < -0.39 is 0 Å². The highest BCUT2D eigenvalue weighted by Crippen LogP contribution is 2.16. The first-order valence-corrected chi connectivity index (χ1v) is 7.65. The number of benzene rings is 1. The third-order valence-electron chi connectivity index (χ3n) is 3.96. The van der Waals surface area contributed by atoms with E-state index in [-0.39, 0.29) is 11.9 Å². The van der Waals surface area contributed by atoms with Crippen molar-refractivity contribution in [2.75, 3.05) is 12.4 Å². The van der Waals surface area contributed by atoms with Gasteiger partial charge in [-0.2, -0.15) is 0 Å². The van der Waals surface area contributed by atoms with Gasteiger partial charge < -0.3 is 15.0 Å². The van der Waals surface area contributed by atoms with Crippen LogP contribution in [0.2, 0.25) is 0 Å². The van der Waals surface area contributed by atoms with Crippen LogP contribution in [-0.2, 0) is 11.2 Å². The molecule has 118 valence electrons. The Bertz CT molecular complexity index is 810. The van der Waals surface area contributed by atoms with Crippen molar-refractivity contribution in [1.82, 2.24) is 14.7 Å². The molecular formula is C18H20N4O. The van der Waals surface area contributed by atoms with Crippen LogP contribution in [0.15, 0.2) is 54.7 Å². The van der Waals surface area contributed by atoms with Gasteiger partial charge in [0.05, 0.1) is 11.7 Å². The van der Waals surface area contributed by atoms with E-state index in [1.807, 2.05) is 66.1 Å². The van der Waals surface area contributed by atoms with Crippen LogP contribution in [0.4, 0.5) is 5.82 Å². The molecule has 3 rings (SSSR count). The summed E-state index contributed by atoms with van der Waals surface area (Å²) in [5.74, 6) is 0.525. The molecule has 0 aliphatic carbocycles. The Morgan fingerprint density at radius 2 is 1.91 bits per heavy atom. The lowest BCUT2D eigenvalue weighted by Gasteiger charge is -2.15. The van der Waals surface area contributed by atoms with Crippen molar-refractivity contribution >= 4 is 17.4 Å². The van der Waals surface area contributed by atoms with Crippen LogP contribution < -0.4 is 10.6 Å². The smallest absolute Gasteiger partial charge is 0.243 e. The zero-order valence-electron chi connectivity index (χ0n) is 13.3. The lowest BCUT2D eigenvalue weighted by atomic mass is 10.1. The number of aryl methyl sites for hydroxylation is 1. The molecule has 5 heteroatoms. The van der Waals surface area contributed by atoms with Gasteiger partial charge in [-0.3, -0.25) is 4.79 Å². The number of nitrogens with zero attached hydrogens (tertiary/aromatic N) is 2. The maximum absolute atomic E-state index is 12.6. The fourth-order valence-electron chi connectivity index (χ4n) is 2.62. The van der Waals surface area contributed by atoms with Crippen LogP contribution >= 0.6 is 0 Å². The highest BCUT2D eigenvalue weighted by molar-refractivity contribution is 5.95. The summed E-state index contributed by atoms with van der Waals surface area (Å²) in [6.07, 6.45) is 2.57. The molecule has 0 radical (unpaired) electrons. The maximum atomic E-state index is 12.6. The Morgan fingerprint density at radius 3 is 2.61 bits per heavy atom. The first-order valence-electron chi connectivity index (χ1n) is 7.65. The fraction of sp³-hybridized carbons (Fsp3) is 0.222. The normalized spacial score (nSPS) is 12.3. The summed E-state index contributed by atoms with van der Waals surface area (Å²) >= 11 is 0. The number of fused-ring (bicyclic) bond motifs is 1. The van der Waals surface area contributed by atoms with Crippen molar-refractivity contribution in [3.8, 4) is 0 Å². The molecule has 2 heterocycles. The molecule has 0 bridgehead atoms. The maximum Gasteiger partial charge on any atom is 0.243 e. The molecule has 3 aromatic rings. The molecule has 0 aliphatic heterocycles. The number of nitrogens with one attached hydrogen (secondary N) is 2. The topological polar surface area (TPSA) is 58.4 Å². The zero-order valence-corrected chi connectivity index (χ0v) is 13.3.